The van der Waals surface area contributed by atoms with E-state index in [0.29, 0.717) is 19.3 Å². The highest BCUT2D eigenvalue weighted by atomic mass is 16.6. The van der Waals surface area contributed by atoms with Crippen molar-refractivity contribution in [2.45, 2.75) is 297 Å². The van der Waals surface area contributed by atoms with E-state index >= 15 is 0 Å². The summed E-state index contributed by atoms with van der Waals surface area (Å²) in [6, 6.07) is 0. The van der Waals surface area contributed by atoms with Crippen molar-refractivity contribution in [1.29, 1.82) is 0 Å². The minimum absolute atomic E-state index is 0.103. The average Bonchev–Trinajstić information content (AvgIpc) is 3.45. The Balaban J connectivity index is 4.51. The summed E-state index contributed by atoms with van der Waals surface area (Å²) in [4.78, 5) is 38.4. The van der Waals surface area contributed by atoms with E-state index in [4.69, 9.17) is 14.2 Å². The number of hydrogen-bond donors (Lipinski definition) is 0. The van der Waals surface area contributed by atoms with Gasteiger partial charge in [0.15, 0.2) is 6.10 Å². The molecule has 1 unspecified atom stereocenters. The second-order valence-corrected chi connectivity index (χ2v) is 21.3. The lowest BCUT2D eigenvalue weighted by molar-refractivity contribution is -0.167. The molecule has 6 heteroatoms. The Morgan fingerprint density at radius 3 is 0.823 bits per heavy atom. The zero-order chi connectivity index (χ0) is 57.1. The first-order chi connectivity index (χ1) is 39.0. The van der Waals surface area contributed by atoms with E-state index < -0.39 is 6.10 Å². The Labute approximate surface area is 487 Å². The normalized spacial score (nSPS) is 13.0. The van der Waals surface area contributed by atoms with E-state index in [1.165, 1.54) is 141 Å². The topological polar surface area (TPSA) is 78.9 Å². The molecule has 0 heterocycles. The summed E-state index contributed by atoms with van der Waals surface area (Å²) in [6.45, 7) is 6.44. The minimum Gasteiger partial charge on any atom is -0.462 e. The molecule has 0 radical (unpaired) electrons. The summed E-state index contributed by atoms with van der Waals surface area (Å²) < 4.78 is 16.9. The van der Waals surface area contributed by atoms with Gasteiger partial charge in [-0.1, -0.05) is 270 Å². The Hall–Kier alpha value is -4.45. The fourth-order valence-corrected chi connectivity index (χ4v) is 8.73. The number of hydrogen-bond acceptors (Lipinski definition) is 6. The molecule has 0 rings (SSSR count). The SMILES string of the molecule is CC/C=C\C/C=C\C/C=C\C/C=C\C/C=C\C/C=C\C/C=C\CCCC(=O)OCC(COC(=O)CCCCCCCCCCC/C=C\C/C=C\CCCCC)OC(=O)CCCCCCCCCCC/C=C\C/C=C\CCCCC. The maximum Gasteiger partial charge on any atom is 0.306 e. The minimum atomic E-state index is -0.812. The second-order valence-electron chi connectivity index (χ2n) is 21.3. The molecule has 6 nitrogen and oxygen atoms in total. The summed E-state index contributed by atoms with van der Waals surface area (Å²) in [7, 11) is 0. The molecule has 0 N–H and O–H groups in total. The van der Waals surface area contributed by atoms with E-state index in [1.807, 2.05) is 0 Å². The van der Waals surface area contributed by atoms with Gasteiger partial charge in [0.25, 0.3) is 0 Å². The highest BCUT2D eigenvalue weighted by Gasteiger charge is 2.19. The molecule has 0 saturated heterocycles. The van der Waals surface area contributed by atoms with Crippen LogP contribution in [-0.2, 0) is 28.6 Å². The molecule has 0 spiro atoms. The van der Waals surface area contributed by atoms with Gasteiger partial charge in [-0.25, -0.2) is 0 Å². The van der Waals surface area contributed by atoms with E-state index in [-0.39, 0.29) is 37.5 Å². The first-order valence-corrected chi connectivity index (χ1v) is 32.7. The van der Waals surface area contributed by atoms with Gasteiger partial charge in [0.05, 0.1) is 0 Å². The van der Waals surface area contributed by atoms with Crippen molar-refractivity contribution in [3.63, 3.8) is 0 Å². The molecule has 79 heavy (non-hydrogen) atoms. The molecule has 0 fully saturated rings. The molecule has 448 valence electrons. The zero-order valence-corrected chi connectivity index (χ0v) is 51.3. The number of carbonyl (C=O) groups excluding carboxylic acids is 3. The lowest BCUT2D eigenvalue weighted by Crippen LogP contribution is -2.30. The van der Waals surface area contributed by atoms with Crippen LogP contribution in [0.4, 0.5) is 0 Å². The van der Waals surface area contributed by atoms with Gasteiger partial charge in [0.2, 0.25) is 0 Å². The molecule has 0 aromatic heterocycles. The van der Waals surface area contributed by atoms with Crippen LogP contribution in [0.15, 0.2) is 134 Å². The fraction of sp³-hybridized carbons (Fsp3) is 0.658. The third-order valence-electron chi connectivity index (χ3n) is 13.6. The number of unbranched alkanes of at least 4 members (excludes halogenated alkanes) is 25. The third kappa shape index (κ3) is 64.3. The number of allylic oxidation sites excluding steroid dienone is 22. The van der Waals surface area contributed by atoms with Crippen molar-refractivity contribution in [2.24, 2.45) is 0 Å². The van der Waals surface area contributed by atoms with Gasteiger partial charge in [0.1, 0.15) is 13.2 Å². The average molecular weight is 1090 g/mol. The van der Waals surface area contributed by atoms with Gasteiger partial charge in [-0.3, -0.25) is 14.4 Å². The van der Waals surface area contributed by atoms with Crippen LogP contribution in [0.1, 0.15) is 290 Å². The largest absolute Gasteiger partial charge is 0.462 e. The van der Waals surface area contributed by atoms with Crippen LogP contribution in [0, 0.1) is 0 Å². The molecule has 1 atom stereocenters. The predicted octanol–water partition coefficient (Wildman–Crippen LogP) is 22.5. The second kappa shape index (κ2) is 66.1. The Morgan fingerprint density at radius 1 is 0.266 bits per heavy atom. The van der Waals surface area contributed by atoms with Crippen molar-refractivity contribution < 1.29 is 28.6 Å². The third-order valence-corrected chi connectivity index (χ3v) is 13.6. The molecule has 0 bridgehead atoms. The van der Waals surface area contributed by atoms with E-state index in [2.05, 4.69) is 154 Å². The van der Waals surface area contributed by atoms with Crippen molar-refractivity contribution in [3.05, 3.63) is 134 Å². The summed E-state index contributed by atoms with van der Waals surface area (Å²) in [5.41, 5.74) is 0. The molecule has 0 saturated carbocycles. The highest BCUT2D eigenvalue weighted by molar-refractivity contribution is 5.71. The Kier molecular flexibility index (Phi) is 62.3. The first kappa shape index (κ1) is 74.5. The molecular weight excluding hydrogens is 973 g/mol. The van der Waals surface area contributed by atoms with Crippen molar-refractivity contribution in [1.82, 2.24) is 0 Å². The lowest BCUT2D eigenvalue weighted by Gasteiger charge is -2.18. The molecule has 0 aliphatic rings. The Bertz CT molecular complexity index is 1680. The number of esters is 3. The monoisotopic (exact) mass is 1090 g/mol. The summed E-state index contributed by atoms with van der Waals surface area (Å²) >= 11 is 0. The highest BCUT2D eigenvalue weighted by Crippen LogP contribution is 2.15. The molecular formula is C73H120O6. The Morgan fingerprint density at radius 2 is 0.506 bits per heavy atom. The van der Waals surface area contributed by atoms with Gasteiger partial charge in [-0.2, -0.15) is 0 Å². The van der Waals surface area contributed by atoms with Crippen LogP contribution in [-0.4, -0.2) is 37.2 Å². The standard InChI is InChI=1S/C73H120O6/c1-4-7-10-13-16-19-22-25-28-31-34-35-36-37-40-42-45-48-51-54-57-60-63-66-72(75)78-69-70(79-73(76)67-64-61-58-55-52-49-46-43-39-33-30-27-24-21-18-15-12-9-6-3)68-77-71(74)65-62-59-56-53-50-47-44-41-38-32-29-26-23-20-17-14-11-8-5-2/h7,10,16-21,25-30,34-35,37,40,45,48,54,57,70H,4-6,8-9,11-15,22-24,31-33,36,38-39,41-44,46-47,49-53,55-56,58-69H2,1-3H3/b10-7-,19-16-,20-17-,21-18-,28-25-,29-26-,30-27-,35-34-,40-37-,48-45-,57-54-. The van der Waals surface area contributed by atoms with Gasteiger partial charge < -0.3 is 14.2 Å². The van der Waals surface area contributed by atoms with Crippen molar-refractivity contribution in [2.75, 3.05) is 13.2 Å². The zero-order valence-electron chi connectivity index (χ0n) is 51.3. The van der Waals surface area contributed by atoms with Crippen molar-refractivity contribution in [3.8, 4) is 0 Å². The van der Waals surface area contributed by atoms with Gasteiger partial charge in [-0.15, -0.1) is 0 Å². The maximum absolute atomic E-state index is 12.9. The number of carbonyl (C=O) groups is 3. The maximum atomic E-state index is 12.9. The van der Waals surface area contributed by atoms with Gasteiger partial charge >= 0.3 is 17.9 Å². The van der Waals surface area contributed by atoms with Crippen LogP contribution in [0.25, 0.3) is 0 Å². The predicted molar refractivity (Wildman–Crippen MR) is 343 cm³/mol. The summed E-state index contributed by atoms with van der Waals surface area (Å²) in [5.74, 6) is -0.969. The van der Waals surface area contributed by atoms with E-state index in [1.54, 1.807) is 0 Å². The van der Waals surface area contributed by atoms with Gasteiger partial charge in [-0.05, 0) is 135 Å². The fourth-order valence-electron chi connectivity index (χ4n) is 8.73. The first-order valence-electron chi connectivity index (χ1n) is 32.7. The van der Waals surface area contributed by atoms with Crippen molar-refractivity contribution >= 4 is 17.9 Å². The quantitative estimate of drug-likeness (QED) is 0.0261. The van der Waals surface area contributed by atoms with Crippen LogP contribution in [0.5, 0.6) is 0 Å². The van der Waals surface area contributed by atoms with Crippen LogP contribution >= 0.6 is 0 Å². The number of ether oxygens (including phenoxy) is 3. The van der Waals surface area contributed by atoms with Gasteiger partial charge in [0, 0.05) is 19.3 Å². The van der Waals surface area contributed by atoms with Crippen LogP contribution in [0.2, 0.25) is 0 Å². The smallest absolute Gasteiger partial charge is 0.306 e. The number of rotatable bonds is 58. The molecule has 0 aromatic rings. The lowest BCUT2D eigenvalue weighted by atomic mass is 10.1. The molecule has 0 aliphatic carbocycles. The van der Waals surface area contributed by atoms with Crippen LogP contribution in [0.3, 0.4) is 0 Å². The van der Waals surface area contributed by atoms with E-state index in [9.17, 15) is 14.4 Å². The van der Waals surface area contributed by atoms with E-state index in [0.717, 1.165) is 103 Å². The van der Waals surface area contributed by atoms with Crippen LogP contribution < -0.4 is 0 Å². The molecule has 0 aromatic carbocycles. The summed E-state index contributed by atoms with van der Waals surface area (Å²) in [5, 5.41) is 0. The molecule has 0 aliphatic heterocycles. The summed E-state index contributed by atoms with van der Waals surface area (Å²) in [6.07, 6.45) is 93.1. The molecule has 0 amide bonds.